The smallest absolute Gasteiger partial charge is 0.421 e. The first-order chi connectivity index (χ1) is 9.99. The van der Waals surface area contributed by atoms with Crippen molar-refractivity contribution in [3.05, 3.63) is 34.3 Å². The zero-order valence-corrected chi connectivity index (χ0v) is 12.8. The summed E-state index contributed by atoms with van der Waals surface area (Å²) in [5, 5.41) is 9.69. The van der Waals surface area contributed by atoms with Gasteiger partial charge in [0.15, 0.2) is 5.60 Å². The maximum absolute atomic E-state index is 12.9. The van der Waals surface area contributed by atoms with Crippen LogP contribution < -0.4 is 5.73 Å². The first-order valence-corrected chi connectivity index (χ1v) is 6.88. The van der Waals surface area contributed by atoms with E-state index in [1.54, 1.807) is 6.92 Å². The van der Waals surface area contributed by atoms with Crippen molar-refractivity contribution >= 4 is 17.6 Å². The summed E-state index contributed by atoms with van der Waals surface area (Å²) in [5.41, 5.74) is 2.49. The lowest BCUT2D eigenvalue weighted by Crippen LogP contribution is -2.39. The molecule has 0 aliphatic carbocycles. The van der Waals surface area contributed by atoms with Gasteiger partial charge in [-0.15, -0.1) is 0 Å². The van der Waals surface area contributed by atoms with Crippen molar-refractivity contribution in [3.8, 4) is 0 Å². The SMILES string of the molecule is CCOC(=O)C[C@@H](N)c1cc(Cl)cc(C(C)(O)C(F)(F)F)c1. The molecular formula is C14H17ClF3NO3. The summed E-state index contributed by atoms with van der Waals surface area (Å²) >= 11 is 5.80. The Morgan fingerprint density at radius 1 is 1.41 bits per heavy atom. The Hall–Kier alpha value is -1.31. The summed E-state index contributed by atoms with van der Waals surface area (Å²) in [7, 11) is 0. The Labute approximate surface area is 131 Å². The Kier molecular flexibility index (Phi) is 5.83. The first-order valence-electron chi connectivity index (χ1n) is 6.50. The minimum atomic E-state index is -4.87. The largest absolute Gasteiger partial charge is 0.466 e. The number of carbonyl (C=O) groups is 1. The maximum atomic E-state index is 12.9. The van der Waals surface area contributed by atoms with E-state index < -0.39 is 29.4 Å². The zero-order valence-electron chi connectivity index (χ0n) is 12.1. The molecule has 0 saturated carbocycles. The molecule has 4 nitrogen and oxygen atoms in total. The third kappa shape index (κ3) is 4.34. The zero-order chi connectivity index (χ0) is 17.1. The van der Waals surface area contributed by atoms with E-state index in [-0.39, 0.29) is 23.6 Å². The van der Waals surface area contributed by atoms with Gasteiger partial charge >= 0.3 is 12.1 Å². The quantitative estimate of drug-likeness (QED) is 0.809. The second kappa shape index (κ2) is 6.85. The molecule has 0 amide bonds. The predicted molar refractivity (Wildman–Crippen MR) is 75.3 cm³/mol. The van der Waals surface area contributed by atoms with Gasteiger partial charge in [-0.05, 0) is 37.1 Å². The van der Waals surface area contributed by atoms with Gasteiger partial charge in [-0.3, -0.25) is 4.79 Å². The molecule has 0 heterocycles. The molecule has 0 aromatic heterocycles. The van der Waals surface area contributed by atoms with Gasteiger partial charge in [-0.1, -0.05) is 17.7 Å². The van der Waals surface area contributed by atoms with Crippen LogP contribution in [0.4, 0.5) is 13.2 Å². The van der Waals surface area contributed by atoms with Gasteiger partial charge in [0, 0.05) is 11.1 Å². The number of esters is 1. The number of hydrogen-bond acceptors (Lipinski definition) is 4. The number of alkyl halides is 3. The van der Waals surface area contributed by atoms with E-state index in [0.717, 1.165) is 12.1 Å². The second-order valence-corrected chi connectivity index (χ2v) is 5.40. The number of hydrogen-bond donors (Lipinski definition) is 2. The summed E-state index contributed by atoms with van der Waals surface area (Å²) in [4.78, 5) is 11.4. The van der Waals surface area contributed by atoms with Crippen molar-refractivity contribution in [1.29, 1.82) is 0 Å². The van der Waals surface area contributed by atoms with Crippen molar-refractivity contribution in [2.75, 3.05) is 6.61 Å². The van der Waals surface area contributed by atoms with Crippen LogP contribution in [-0.4, -0.2) is 23.9 Å². The van der Waals surface area contributed by atoms with Crippen molar-refractivity contribution in [3.63, 3.8) is 0 Å². The van der Waals surface area contributed by atoms with Crippen molar-refractivity contribution in [1.82, 2.24) is 0 Å². The summed E-state index contributed by atoms with van der Waals surface area (Å²) < 4.78 is 43.4. The summed E-state index contributed by atoms with van der Waals surface area (Å²) in [6, 6.07) is 2.56. The van der Waals surface area contributed by atoms with E-state index in [0.29, 0.717) is 6.92 Å². The normalized spacial score (nSPS) is 16.0. The highest BCUT2D eigenvalue weighted by Crippen LogP contribution is 2.40. The van der Waals surface area contributed by atoms with Crippen LogP contribution in [0.3, 0.4) is 0 Å². The number of halogens is 4. The van der Waals surface area contributed by atoms with E-state index in [4.69, 9.17) is 22.1 Å². The molecule has 0 fully saturated rings. The molecule has 1 rings (SSSR count). The minimum absolute atomic E-state index is 0.0173. The van der Waals surface area contributed by atoms with Crippen LogP contribution in [-0.2, 0) is 15.1 Å². The van der Waals surface area contributed by atoms with Gasteiger partial charge < -0.3 is 15.6 Å². The third-order valence-electron chi connectivity index (χ3n) is 3.15. The molecule has 1 aromatic rings. The molecule has 2 atom stereocenters. The fourth-order valence-electron chi connectivity index (χ4n) is 1.79. The van der Waals surface area contributed by atoms with Gasteiger partial charge in [0.25, 0.3) is 0 Å². The summed E-state index contributed by atoms with van der Waals surface area (Å²) in [5.74, 6) is -0.570. The fourth-order valence-corrected chi connectivity index (χ4v) is 2.03. The Morgan fingerprint density at radius 2 is 2.00 bits per heavy atom. The molecule has 22 heavy (non-hydrogen) atoms. The first kappa shape index (κ1) is 18.7. The van der Waals surface area contributed by atoms with Crippen LogP contribution in [0, 0.1) is 0 Å². The molecule has 0 aliphatic heterocycles. The molecular weight excluding hydrogens is 323 g/mol. The van der Waals surface area contributed by atoms with Crippen molar-refractivity contribution in [2.24, 2.45) is 5.73 Å². The van der Waals surface area contributed by atoms with Crippen LogP contribution in [0.15, 0.2) is 18.2 Å². The number of aliphatic hydroxyl groups is 1. The molecule has 1 aromatic carbocycles. The molecule has 124 valence electrons. The van der Waals surface area contributed by atoms with E-state index in [2.05, 4.69) is 0 Å². The number of ether oxygens (including phenoxy) is 1. The average Bonchev–Trinajstić information content (AvgIpc) is 2.36. The minimum Gasteiger partial charge on any atom is -0.466 e. The summed E-state index contributed by atoms with van der Waals surface area (Å²) in [6.45, 7) is 2.43. The lowest BCUT2D eigenvalue weighted by atomic mass is 9.91. The van der Waals surface area contributed by atoms with E-state index >= 15 is 0 Å². The van der Waals surface area contributed by atoms with Gasteiger partial charge in [0.2, 0.25) is 0 Å². The molecule has 0 bridgehead atoms. The molecule has 0 radical (unpaired) electrons. The van der Waals surface area contributed by atoms with E-state index in [9.17, 15) is 23.1 Å². The Bertz CT molecular complexity index is 547. The van der Waals surface area contributed by atoms with E-state index in [1.165, 1.54) is 6.07 Å². The molecule has 1 unspecified atom stereocenters. The van der Waals surface area contributed by atoms with Crippen LogP contribution in [0.1, 0.15) is 37.4 Å². The topological polar surface area (TPSA) is 72.5 Å². The molecule has 0 saturated heterocycles. The van der Waals surface area contributed by atoms with Crippen molar-refractivity contribution in [2.45, 2.75) is 38.1 Å². The molecule has 8 heteroatoms. The highest BCUT2D eigenvalue weighted by atomic mass is 35.5. The highest BCUT2D eigenvalue weighted by Gasteiger charge is 2.51. The van der Waals surface area contributed by atoms with Crippen molar-refractivity contribution < 1.29 is 27.8 Å². The molecule has 3 N–H and O–H groups in total. The van der Waals surface area contributed by atoms with E-state index in [1.807, 2.05) is 0 Å². The second-order valence-electron chi connectivity index (χ2n) is 4.96. The standard InChI is InChI=1S/C14H17ClF3NO3/c1-3-22-12(20)7-11(19)8-4-9(6-10(15)5-8)13(2,21)14(16,17)18/h4-6,11,21H,3,7,19H2,1-2H3/t11-,13?/m1/s1. The number of benzene rings is 1. The van der Waals surface area contributed by atoms with Gasteiger partial charge in [0.1, 0.15) is 0 Å². The lowest BCUT2D eigenvalue weighted by molar-refractivity contribution is -0.258. The number of rotatable bonds is 5. The predicted octanol–water partition coefficient (Wildman–Crippen LogP) is 3.06. The number of nitrogens with two attached hydrogens (primary N) is 1. The van der Waals surface area contributed by atoms with Crippen LogP contribution >= 0.6 is 11.6 Å². The molecule has 0 aliphatic rings. The fraction of sp³-hybridized carbons (Fsp3) is 0.500. The highest BCUT2D eigenvalue weighted by molar-refractivity contribution is 6.30. The summed E-state index contributed by atoms with van der Waals surface area (Å²) in [6.07, 6.45) is -5.08. The maximum Gasteiger partial charge on any atom is 0.421 e. The van der Waals surface area contributed by atoms with Crippen LogP contribution in [0.5, 0.6) is 0 Å². The monoisotopic (exact) mass is 339 g/mol. The third-order valence-corrected chi connectivity index (χ3v) is 3.37. The van der Waals surface area contributed by atoms with Gasteiger partial charge in [-0.2, -0.15) is 13.2 Å². The Morgan fingerprint density at radius 3 is 2.50 bits per heavy atom. The van der Waals surface area contributed by atoms with Crippen LogP contribution in [0.25, 0.3) is 0 Å². The van der Waals surface area contributed by atoms with Gasteiger partial charge in [-0.25, -0.2) is 0 Å². The van der Waals surface area contributed by atoms with Crippen LogP contribution in [0.2, 0.25) is 5.02 Å². The average molecular weight is 340 g/mol. The lowest BCUT2D eigenvalue weighted by Gasteiger charge is -2.27. The molecule has 0 spiro atoms. The van der Waals surface area contributed by atoms with Gasteiger partial charge in [0.05, 0.1) is 13.0 Å². The Balaban J connectivity index is 3.12. The number of carbonyl (C=O) groups excluding carboxylic acids is 1.